The lowest BCUT2D eigenvalue weighted by Crippen LogP contribution is -2.45. The number of carbonyl (C=O) groups is 1. The van der Waals surface area contributed by atoms with Gasteiger partial charge in [0.25, 0.3) is 0 Å². The molecule has 34 heavy (non-hydrogen) atoms. The van der Waals surface area contributed by atoms with Crippen LogP contribution < -0.4 is 15.1 Å². The topological polar surface area (TPSA) is 112 Å². The standard InChI is InChI=1S/C23H29FN8O2/c1-3-14(2)32-17-11-20(26-12-15(17)22(29-32)31-9-4-5-21(31)34)27-19-6-8-25-23(28-19)30-10-7-18(33)16(24)13-30/h6,8,11-12,14,16,18,33H,3-5,7,9-10,13H2,1-2H3,(H,25,26,27,28)/t14?,16-,18+/m1/s1. The van der Waals surface area contributed by atoms with Gasteiger partial charge in [-0.2, -0.15) is 10.1 Å². The number of aliphatic hydroxyl groups excluding tert-OH is 1. The molecule has 0 aromatic carbocycles. The van der Waals surface area contributed by atoms with Crippen LogP contribution in [0, 0.1) is 0 Å². The Morgan fingerprint density at radius 3 is 2.88 bits per heavy atom. The Kier molecular flexibility index (Phi) is 6.03. The summed E-state index contributed by atoms with van der Waals surface area (Å²) in [6, 6.07) is 3.79. The van der Waals surface area contributed by atoms with Crippen molar-refractivity contribution < 1.29 is 14.3 Å². The van der Waals surface area contributed by atoms with Crippen LogP contribution in [0.1, 0.15) is 45.6 Å². The summed E-state index contributed by atoms with van der Waals surface area (Å²) in [7, 11) is 0. The van der Waals surface area contributed by atoms with Gasteiger partial charge in [0.15, 0.2) is 5.82 Å². The molecule has 0 radical (unpaired) electrons. The molecule has 2 aliphatic heterocycles. The zero-order valence-electron chi connectivity index (χ0n) is 19.4. The summed E-state index contributed by atoms with van der Waals surface area (Å²) in [5.41, 5.74) is 0.890. The maximum absolute atomic E-state index is 14.0. The number of hydrogen-bond donors (Lipinski definition) is 2. The molecule has 3 atom stereocenters. The minimum absolute atomic E-state index is 0.0565. The Balaban J connectivity index is 1.44. The lowest BCUT2D eigenvalue weighted by molar-refractivity contribution is -0.117. The number of aromatic nitrogens is 5. The average Bonchev–Trinajstić information content (AvgIpc) is 3.43. The summed E-state index contributed by atoms with van der Waals surface area (Å²) in [6.07, 6.45) is 3.69. The van der Waals surface area contributed by atoms with E-state index in [2.05, 4.69) is 34.1 Å². The molecule has 3 aromatic rings. The van der Waals surface area contributed by atoms with Crippen molar-refractivity contribution in [3.63, 3.8) is 0 Å². The SMILES string of the molecule is CCC(C)n1nc(N2CCCC2=O)c2cnc(Nc3ccnc(N4CC[C@H](O)[C@H](F)C4)n3)cc21. The third-order valence-corrected chi connectivity index (χ3v) is 6.60. The highest BCUT2D eigenvalue weighted by atomic mass is 19.1. The largest absolute Gasteiger partial charge is 0.390 e. The summed E-state index contributed by atoms with van der Waals surface area (Å²) < 4.78 is 15.9. The fourth-order valence-electron chi connectivity index (χ4n) is 4.44. The molecule has 2 fully saturated rings. The van der Waals surface area contributed by atoms with Gasteiger partial charge < -0.3 is 15.3 Å². The van der Waals surface area contributed by atoms with Crippen LogP contribution >= 0.6 is 0 Å². The Morgan fingerprint density at radius 2 is 2.15 bits per heavy atom. The number of nitrogens with zero attached hydrogens (tertiary/aromatic N) is 7. The van der Waals surface area contributed by atoms with E-state index in [9.17, 15) is 14.3 Å². The number of pyridine rings is 1. The van der Waals surface area contributed by atoms with Crippen LogP contribution in [0.25, 0.3) is 10.9 Å². The lowest BCUT2D eigenvalue weighted by atomic mass is 10.1. The molecule has 3 aromatic heterocycles. The summed E-state index contributed by atoms with van der Waals surface area (Å²) in [6.45, 7) is 5.41. The first-order chi connectivity index (χ1) is 16.4. The van der Waals surface area contributed by atoms with Crippen molar-refractivity contribution in [1.29, 1.82) is 0 Å². The number of piperidine rings is 1. The number of amides is 1. The Hall–Kier alpha value is -3.34. The molecule has 11 heteroatoms. The Bertz CT molecular complexity index is 1200. The van der Waals surface area contributed by atoms with Gasteiger partial charge in [0.1, 0.15) is 17.8 Å². The van der Waals surface area contributed by atoms with Crippen LogP contribution in [-0.4, -0.2) is 67.7 Å². The van der Waals surface area contributed by atoms with E-state index < -0.39 is 12.3 Å². The van der Waals surface area contributed by atoms with Crippen molar-refractivity contribution in [2.45, 2.75) is 57.8 Å². The highest BCUT2D eigenvalue weighted by Gasteiger charge is 2.29. The molecule has 1 unspecified atom stereocenters. The van der Waals surface area contributed by atoms with Crippen LogP contribution in [0.4, 0.5) is 27.8 Å². The predicted molar refractivity (Wildman–Crippen MR) is 127 cm³/mol. The van der Waals surface area contributed by atoms with E-state index in [1.54, 1.807) is 28.3 Å². The van der Waals surface area contributed by atoms with E-state index in [4.69, 9.17) is 5.10 Å². The van der Waals surface area contributed by atoms with E-state index >= 15 is 0 Å². The van der Waals surface area contributed by atoms with Gasteiger partial charge in [-0.3, -0.25) is 14.4 Å². The Labute approximate surface area is 196 Å². The minimum Gasteiger partial charge on any atom is -0.390 e. The van der Waals surface area contributed by atoms with Crippen LogP contribution in [0.3, 0.4) is 0 Å². The van der Waals surface area contributed by atoms with Gasteiger partial charge in [-0.25, -0.2) is 14.4 Å². The summed E-state index contributed by atoms with van der Waals surface area (Å²) in [4.78, 5) is 29.2. The van der Waals surface area contributed by atoms with E-state index in [1.165, 1.54) is 0 Å². The molecular weight excluding hydrogens is 439 g/mol. The average molecular weight is 469 g/mol. The zero-order chi connectivity index (χ0) is 23.8. The molecule has 0 aliphatic carbocycles. The smallest absolute Gasteiger partial charge is 0.228 e. The lowest BCUT2D eigenvalue weighted by Gasteiger charge is -2.32. The fraction of sp³-hybridized carbons (Fsp3) is 0.522. The molecule has 180 valence electrons. The fourth-order valence-corrected chi connectivity index (χ4v) is 4.44. The molecule has 5 heterocycles. The molecule has 0 bridgehead atoms. The first kappa shape index (κ1) is 22.5. The van der Waals surface area contributed by atoms with Gasteiger partial charge in [0.05, 0.1) is 23.6 Å². The number of nitrogens with one attached hydrogen (secondary N) is 1. The summed E-state index contributed by atoms with van der Waals surface area (Å²) >= 11 is 0. The number of hydrogen-bond acceptors (Lipinski definition) is 8. The third kappa shape index (κ3) is 4.15. The molecule has 2 N–H and O–H groups in total. The van der Waals surface area contributed by atoms with Gasteiger partial charge in [-0.15, -0.1) is 0 Å². The zero-order valence-corrected chi connectivity index (χ0v) is 19.4. The van der Waals surface area contributed by atoms with Crippen molar-refractivity contribution in [2.75, 3.05) is 34.8 Å². The van der Waals surface area contributed by atoms with E-state index in [-0.39, 0.29) is 18.5 Å². The number of rotatable bonds is 6. The van der Waals surface area contributed by atoms with E-state index in [0.717, 1.165) is 23.7 Å². The third-order valence-electron chi connectivity index (χ3n) is 6.60. The van der Waals surface area contributed by atoms with Gasteiger partial charge in [-0.05, 0) is 32.3 Å². The molecule has 2 saturated heterocycles. The second-order valence-corrected chi connectivity index (χ2v) is 8.95. The predicted octanol–water partition coefficient (Wildman–Crippen LogP) is 2.97. The number of aliphatic hydroxyl groups is 1. The molecular formula is C23H29FN8O2. The summed E-state index contributed by atoms with van der Waals surface area (Å²) in [5, 5.41) is 18.5. The number of alkyl halides is 1. The van der Waals surface area contributed by atoms with Crippen LogP contribution in [0.15, 0.2) is 24.5 Å². The maximum atomic E-state index is 14.0. The molecule has 0 spiro atoms. The van der Waals surface area contributed by atoms with Gasteiger partial charge in [0.2, 0.25) is 11.9 Å². The molecule has 5 rings (SSSR count). The van der Waals surface area contributed by atoms with Crippen molar-refractivity contribution in [2.24, 2.45) is 0 Å². The number of anilines is 4. The quantitative estimate of drug-likeness (QED) is 0.568. The van der Waals surface area contributed by atoms with Gasteiger partial charge in [0, 0.05) is 44.0 Å². The molecule has 1 amide bonds. The van der Waals surface area contributed by atoms with Crippen LogP contribution in [-0.2, 0) is 4.79 Å². The minimum atomic E-state index is -1.32. The maximum Gasteiger partial charge on any atom is 0.228 e. The van der Waals surface area contributed by atoms with E-state index in [0.29, 0.717) is 49.3 Å². The number of halogens is 1. The van der Waals surface area contributed by atoms with E-state index in [1.807, 2.05) is 10.7 Å². The van der Waals surface area contributed by atoms with Crippen molar-refractivity contribution in [3.05, 3.63) is 24.5 Å². The van der Waals surface area contributed by atoms with Crippen molar-refractivity contribution in [1.82, 2.24) is 24.7 Å². The monoisotopic (exact) mass is 468 g/mol. The number of carbonyl (C=O) groups excluding carboxylic acids is 1. The van der Waals surface area contributed by atoms with Gasteiger partial charge in [-0.1, -0.05) is 6.92 Å². The Morgan fingerprint density at radius 1 is 1.29 bits per heavy atom. The first-order valence-electron chi connectivity index (χ1n) is 11.8. The number of fused-ring (bicyclic) bond motifs is 1. The normalized spacial score (nSPS) is 21.9. The van der Waals surface area contributed by atoms with Gasteiger partial charge >= 0.3 is 0 Å². The molecule has 10 nitrogen and oxygen atoms in total. The second-order valence-electron chi connectivity index (χ2n) is 8.95. The van der Waals surface area contributed by atoms with Crippen LogP contribution in [0.5, 0.6) is 0 Å². The van der Waals surface area contributed by atoms with Crippen LogP contribution in [0.2, 0.25) is 0 Å². The highest BCUT2D eigenvalue weighted by molar-refractivity contribution is 6.03. The molecule has 0 saturated carbocycles. The van der Waals surface area contributed by atoms with Crippen molar-refractivity contribution >= 4 is 40.2 Å². The highest BCUT2D eigenvalue weighted by Crippen LogP contribution is 2.33. The second kappa shape index (κ2) is 9.13. The summed E-state index contributed by atoms with van der Waals surface area (Å²) in [5.74, 6) is 2.27. The molecule has 2 aliphatic rings. The first-order valence-corrected chi connectivity index (χ1v) is 11.8. The van der Waals surface area contributed by atoms with Crippen molar-refractivity contribution in [3.8, 4) is 0 Å².